The summed E-state index contributed by atoms with van der Waals surface area (Å²) >= 11 is 12.5. The summed E-state index contributed by atoms with van der Waals surface area (Å²) in [7, 11) is -2.36. The van der Waals surface area contributed by atoms with Crippen LogP contribution < -0.4 is 9.62 Å². The Bertz CT molecular complexity index is 1370. The normalized spacial score (nSPS) is 12.0. The molecule has 196 valence electrons. The van der Waals surface area contributed by atoms with Crippen molar-refractivity contribution in [2.75, 3.05) is 24.2 Å². The van der Waals surface area contributed by atoms with Gasteiger partial charge in [0.2, 0.25) is 21.8 Å². The van der Waals surface area contributed by atoms with Gasteiger partial charge >= 0.3 is 0 Å². The number of hydrogen-bond donors (Lipinski definition) is 1. The third-order valence-electron chi connectivity index (χ3n) is 5.92. The van der Waals surface area contributed by atoms with Crippen molar-refractivity contribution < 1.29 is 18.0 Å². The Hall–Kier alpha value is -3.07. The summed E-state index contributed by atoms with van der Waals surface area (Å²) in [6, 6.07) is 20.2. The molecule has 0 heterocycles. The number of carbonyl (C=O) groups excluding carboxylic acids is 2. The van der Waals surface area contributed by atoms with Crippen LogP contribution in [-0.4, -0.2) is 51.0 Å². The molecule has 2 amide bonds. The molecule has 0 saturated heterocycles. The molecule has 0 unspecified atom stereocenters. The molecule has 3 aromatic carbocycles. The van der Waals surface area contributed by atoms with Gasteiger partial charge in [0.25, 0.3) is 0 Å². The first-order valence-electron chi connectivity index (χ1n) is 11.5. The van der Waals surface area contributed by atoms with Crippen LogP contribution in [0.5, 0.6) is 0 Å². The average Bonchev–Trinajstić information content (AvgIpc) is 2.85. The standard InChI is InChI=1S/C27H29Cl2N3O4S/c1-19-15-22(28)13-14-24(19)32(37(3,35)36)18-26(33)31(17-21-11-7-8-12-23(21)29)25(27(34)30-2)16-20-9-5-4-6-10-20/h4-15,25H,16-18H2,1-3H3,(H,30,34)/t25-/m0/s1. The van der Waals surface area contributed by atoms with Crippen LogP contribution in [0.25, 0.3) is 0 Å². The Balaban J connectivity index is 2.06. The maximum absolute atomic E-state index is 13.9. The smallest absolute Gasteiger partial charge is 0.244 e. The minimum atomic E-state index is -3.86. The maximum Gasteiger partial charge on any atom is 0.244 e. The molecule has 37 heavy (non-hydrogen) atoms. The van der Waals surface area contributed by atoms with Crippen molar-refractivity contribution in [2.24, 2.45) is 0 Å². The van der Waals surface area contributed by atoms with Gasteiger partial charge in [-0.15, -0.1) is 0 Å². The molecule has 0 aliphatic rings. The fourth-order valence-corrected chi connectivity index (χ4v) is 5.35. The summed E-state index contributed by atoms with van der Waals surface area (Å²) in [6.45, 7) is 1.22. The molecule has 1 atom stereocenters. The molecule has 3 rings (SSSR count). The Labute approximate surface area is 228 Å². The second-order valence-corrected chi connectivity index (χ2v) is 11.4. The monoisotopic (exact) mass is 561 g/mol. The molecule has 0 aliphatic carbocycles. The number of hydrogen-bond acceptors (Lipinski definition) is 4. The molecule has 0 spiro atoms. The topological polar surface area (TPSA) is 86.8 Å². The Morgan fingerprint density at radius 1 is 0.973 bits per heavy atom. The van der Waals surface area contributed by atoms with Crippen molar-refractivity contribution in [3.05, 3.63) is 99.5 Å². The van der Waals surface area contributed by atoms with Crippen LogP contribution in [0.2, 0.25) is 10.0 Å². The molecule has 0 radical (unpaired) electrons. The number of nitrogens with zero attached hydrogens (tertiary/aromatic N) is 2. The van der Waals surface area contributed by atoms with Gasteiger partial charge in [-0.05, 0) is 47.9 Å². The minimum Gasteiger partial charge on any atom is -0.357 e. The largest absolute Gasteiger partial charge is 0.357 e. The SMILES string of the molecule is CNC(=O)[C@H](Cc1ccccc1)N(Cc1ccccc1Cl)C(=O)CN(c1ccc(Cl)cc1C)S(C)(=O)=O. The predicted molar refractivity (Wildman–Crippen MR) is 148 cm³/mol. The number of halogens is 2. The highest BCUT2D eigenvalue weighted by molar-refractivity contribution is 7.92. The molecular formula is C27H29Cl2N3O4S. The number of rotatable bonds is 10. The van der Waals surface area contributed by atoms with E-state index in [1.54, 1.807) is 49.4 Å². The number of aryl methyl sites for hydroxylation is 1. The summed E-state index contributed by atoms with van der Waals surface area (Å²) in [5, 5.41) is 3.52. The number of anilines is 1. The molecule has 10 heteroatoms. The lowest BCUT2D eigenvalue weighted by atomic mass is 10.0. The van der Waals surface area contributed by atoms with E-state index in [1.165, 1.54) is 11.9 Å². The highest BCUT2D eigenvalue weighted by Gasteiger charge is 2.33. The van der Waals surface area contributed by atoms with Crippen molar-refractivity contribution in [3.8, 4) is 0 Å². The summed E-state index contributed by atoms with van der Waals surface area (Å²) in [5.74, 6) is -0.929. The number of likely N-dealkylation sites (N-methyl/N-ethyl adjacent to an activating group) is 1. The number of carbonyl (C=O) groups is 2. The number of amides is 2. The van der Waals surface area contributed by atoms with E-state index in [-0.39, 0.29) is 18.9 Å². The highest BCUT2D eigenvalue weighted by Crippen LogP contribution is 2.27. The van der Waals surface area contributed by atoms with Gasteiger partial charge in [0.05, 0.1) is 11.9 Å². The molecular weight excluding hydrogens is 533 g/mol. The van der Waals surface area contributed by atoms with Crippen LogP contribution in [0, 0.1) is 6.92 Å². The first-order chi connectivity index (χ1) is 17.5. The van der Waals surface area contributed by atoms with Crippen molar-refractivity contribution in [3.63, 3.8) is 0 Å². The van der Waals surface area contributed by atoms with E-state index < -0.39 is 28.5 Å². The lowest BCUT2D eigenvalue weighted by molar-refractivity contribution is -0.139. The summed E-state index contributed by atoms with van der Waals surface area (Å²) < 4.78 is 26.7. The molecule has 0 aromatic heterocycles. The van der Waals surface area contributed by atoms with E-state index >= 15 is 0 Å². The third kappa shape index (κ3) is 7.47. The average molecular weight is 563 g/mol. The van der Waals surface area contributed by atoms with Crippen LogP contribution >= 0.6 is 23.2 Å². The van der Waals surface area contributed by atoms with E-state index in [0.29, 0.717) is 26.9 Å². The first-order valence-corrected chi connectivity index (χ1v) is 14.1. The van der Waals surface area contributed by atoms with Gasteiger partial charge in [-0.3, -0.25) is 13.9 Å². The van der Waals surface area contributed by atoms with Gasteiger partial charge < -0.3 is 10.2 Å². The zero-order valence-electron chi connectivity index (χ0n) is 20.8. The lowest BCUT2D eigenvalue weighted by Gasteiger charge is -2.33. The lowest BCUT2D eigenvalue weighted by Crippen LogP contribution is -2.53. The zero-order valence-corrected chi connectivity index (χ0v) is 23.1. The maximum atomic E-state index is 13.9. The summed E-state index contributed by atoms with van der Waals surface area (Å²) in [4.78, 5) is 28.4. The second kappa shape index (κ2) is 12.4. The predicted octanol–water partition coefficient (Wildman–Crippen LogP) is 4.45. The zero-order chi connectivity index (χ0) is 27.2. The molecule has 0 fully saturated rings. The number of nitrogens with one attached hydrogen (secondary N) is 1. The fraction of sp³-hybridized carbons (Fsp3) is 0.259. The molecule has 0 bridgehead atoms. The van der Waals surface area contributed by atoms with Crippen molar-refractivity contribution in [1.29, 1.82) is 0 Å². The van der Waals surface area contributed by atoms with E-state index in [0.717, 1.165) is 16.1 Å². The van der Waals surface area contributed by atoms with Crippen molar-refractivity contribution in [2.45, 2.75) is 25.9 Å². The Morgan fingerprint density at radius 2 is 1.62 bits per heavy atom. The number of sulfonamides is 1. The van der Waals surface area contributed by atoms with Crippen LogP contribution in [0.3, 0.4) is 0 Å². The summed E-state index contributed by atoms with van der Waals surface area (Å²) in [5.41, 5.74) is 2.41. The van der Waals surface area contributed by atoms with Gasteiger partial charge in [-0.2, -0.15) is 0 Å². The van der Waals surface area contributed by atoms with E-state index in [2.05, 4.69) is 5.32 Å². The summed E-state index contributed by atoms with van der Waals surface area (Å²) in [6.07, 6.45) is 1.27. The Morgan fingerprint density at radius 3 is 2.22 bits per heavy atom. The molecule has 1 N–H and O–H groups in total. The van der Waals surface area contributed by atoms with Crippen LogP contribution in [-0.2, 0) is 32.6 Å². The van der Waals surface area contributed by atoms with Gasteiger partial charge in [0.1, 0.15) is 12.6 Å². The second-order valence-electron chi connectivity index (χ2n) is 8.63. The van der Waals surface area contributed by atoms with Crippen LogP contribution in [0.15, 0.2) is 72.8 Å². The Kier molecular flexibility index (Phi) is 9.59. The van der Waals surface area contributed by atoms with E-state index in [4.69, 9.17) is 23.2 Å². The van der Waals surface area contributed by atoms with Crippen molar-refractivity contribution >= 4 is 50.7 Å². The van der Waals surface area contributed by atoms with Gasteiger partial charge in [-0.1, -0.05) is 71.7 Å². The molecule has 7 nitrogen and oxygen atoms in total. The minimum absolute atomic E-state index is 0.0145. The quantitative estimate of drug-likeness (QED) is 0.396. The molecule has 3 aromatic rings. The van der Waals surface area contributed by atoms with Crippen LogP contribution in [0.1, 0.15) is 16.7 Å². The van der Waals surface area contributed by atoms with Gasteiger partial charge in [0, 0.05) is 30.1 Å². The molecule has 0 aliphatic heterocycles. The first kappa shape index (κ1) is 28.5. The molecule has 0 saturated carbocycles. The third-order valence-corrected chi connectivity index (χ3v) is 7.65. The highest BCUT2D eigenvalue weighted by atomic mass is 35.5. The van der Waals surface area contributed by atoms with E-state index in [1.807, 2.05) is 30.3 Å². The van der Waals surface area contributed by atoms with Crippen molar-refractivity contribution in [1.82, 2.24) is 10.2 Å². The fourth-order valence-electron chi connectivity index (χ4n) is 4.02. The van der Waals surface area contributed by atoms with Gasteiger partial charge in [-0.25, -0.2) is 8.42 Å². The number of benzene rings is 3. The van der Waals surface area contributed by atoms with Gasteiger partial charge in [0.15, 0.2) is 0 Å². The van der Waals surface area contributed by atoms with E-state index in [9.17, 15) is 18.0 Å². The van der Waals surface area contributed by atoms with Crippen LogP contribution in [0.4, 0.5) is 5.69 Å².